The van der Waals surface area contributed by atoms with Crippen LogP contribution in [-0.2, 0) is 11.8 Å². The van der Waals surface area contributed by atoms with Gasteiger partial charge >= 0.3 is 0 Å². The summed E-state index contributed by atoms with van der Waals surface area (Å²) in [5.74, 6) is 1.63. The number of hydrogen-bond donors (Lipinski definition) is 2. The molecule has 0 spiro atoms. The molecule has 0 atom stereocenters. The van der Waals surface area contributed by atoms with Crippen molar-refractivity contribution in [2.75, 3.05) is 11.9 Å². The second kappa shape index (κ2) is 5.52. The highest BCUT2D eigenvalue weighted by atomic mass is 16.2. The van der Waals surface area contributed by atoms with Crippen LogP contribution in [0.15, 0.2) is 6.07 Å². The van der Waals surface area contributed by atoms with Gasteiger partial charge in [-0.2, -0.15) is 5.10 Å². The molecule has 1 saturated carbocycles. The molecule has 5 nitrogen and oxygen atoms in total. The van der Waals surface area contributed by atoms with Crippen LogP contribution in [0.3, 0.4) is 0 Å². The van der Waals surface area contributed by atoms with E-state index in [1.165, 1.54) is 0 Å². The molecule has 100 valence electrons. The molecule has 1 aliphatic rings. The molecule has 0 radical (unpaired) electrons. The number of anilines is 1. The minimum Gasteiger partial charge on any atom is -0.330 e. The van der Waals surface area contributed by atoms with E-state index in [1.54, 1.807) is 4.68 Å². The van der Waals surface area contributed by atoms with Gasteiger partial charge in [-0.3, -0.25) is 9.48 Å². The van der Waals surface area contributed by atoms with Crippen LogP contribution in [0.2, 0.25) is 0 Å². The summed E-state index contributed by atoms with van der Waals surface area (Å²) >= 11 is 0. The first kappa shape index (κ1) is 13.1. The van der Waals surface area contributed by atoms with Crippen LogP contribution in [0.5, 0.6) is 0 Å². The Kier molecular flexibility index (Phi) is 4.01. The Balaban J connectivity index is 1.91. The first-order valence-corrected chi connectivity index (χ1v) is 6.61. The van der Waals surface area contributed by atoms with E-state index < -0.39 is 0 Å². The van der Waals surface area contributed by atoms with Crippen LogP contribution in [-0.4, -0.2) is 22.2 Å². The molecule has 2 rings (SSSR count). The molecule has 1 aliphatic carbocycles. The lowest BCUT2D eigenvalue weighted by molar-refractivity contribution is -0.121. The highest BCUT2D eigenvalue weighted by Gasteiger charge is 2.26. The van der Waals surface area contributed by atoms with E-state index >= 15 is 0 Å². The lowest BCUT2D eigenvalue weighted by Crippen LogP contribution is -2.29. The molecular weight excluding hydrogens is 228 g/mol. The number of rotatable bonds is 3. The maximum atomic E-state index is 12.1. The predicted octanol–water partition coefficient (Wildman–Crippen LogP) is 1.43. The minimum absolute atomic E-state index is 0.119. The van der Waals surface area contributed by atoms with Crippen molar-refractivity contribution in [3.8, 4) is 0 Å². The van der Waals surface area contributed by atoms with E-state index in [0.29, 0.717) is 5.92 Å². The third-order valence-corrected chi connectivity index (χ3v) is 3.80. The molecule has 18 heavy (non-hydrogen) atoms. The zero-order chi connectivity index (χ0) is 13.1. The second-order valence-corrected chi connectivity index (χ2v) is 5.24. The molecule has 1 aromatic heterocycles. The summed E-state index contributed by atoms with van der Waals surface area (Å²) in [4.78, 5) is 12.1. The molecule has 0 aromatic carbocycles. The van der Waals surface area contributed by atoms with Gasteiger partial charge in [-0.1, -0.05) is 0 Å². The lowest BCUT2D eigenvalue weighted by Gasteiger charge is -2.26. The van der Waals surface area contributed by atoms with Crippen molar-refractivity contribution in [2.24, 2.45) is 24.6 Å². The molecule has 0 bridgehead atoms. The minimum atomic E-state index is 0.119. The van der Waals surface area contributed by atoms with E-state index in [0.717, 1.165) is 43.7 Å². The van der Waals surface area contributed by atoms with Crippen LogP contribution in [0.4, 0.5) is 5.82 Å². The standard InChI is InChI=1S/C13H22N4O/c1-9-7-12(17(2)16-9)15-13(18)11-5-3-10(8-14)4-6-11/h7,10-11H,3-6,8,14H2,1-2H3,(H,15,18). The maximum Gasteiger partial charge on any atom is 0.228 e. The Morgan fingerprint density at radius 2 is 2.17 bits per heavy atom. The van der Waals surface area contributed by atoms with Gasteiger partial charge < -0.3 is 11.1 Å². The van der Waals surface area contributed by atoms with Crippen LogP contribution >= 0.6 is 0 Å². The summed E-state index contributed by atoms with van der Waals surface area (Å²) < 4.78 is 1.71. The Morgan fingerprint density at radius 1 is 1.50 bits per heavy atom. The third-order valence-electron chi connectivity index (χ3n) is 3.80. The quantitative estimate of drug-likeness (QED) is 0.852. The molecule has 1 amide bonds. The van der Waals surface area contributed by atoms with Crippen LogP contribution in [0, 0.1) is 18.8 Å². The third kappa shape index (κ3) is 2.90. The van der Waals surface area contributed by atoms with Gasteiger partial charge in [0.15, 0.2) is 0 Å². The summed E-state index contributed by atoms with van der Waals surface area (Å²) in [5.41, 5.74) is 6.58. The Labute approximate surface area is 108 Å². The van der Waals surface area contributed by atoms with Crippen molar-refractivity contribution in [3.05, 3.63) is 11.8 Å². The number of nitrogens with zero attached hydrogens (tertiary/aromatic N) is 2. The first-order valence-electron chi connectivity index (χ1n) is 6.61. The number of aromatic nitrogens is 2. The fraction of sp³-hybridized carbons (Fsp3) is 0.692. The smallest absolute Gasteiger partial charge is 0.228 e. The largest absolute Gasteiger partial charge is 0.330 e. The molecule has 0 aliphatic heterocycles. The number of carbonyl (C=O) groups is 1. The van der Waals surface area contributed by atoms with Gasteiger partial charge in [0.05, 0.1) is 5.69 Å². The number of aryl methyl sites for hydroxylation is 2. The Bertz CT molecular complexity index is 419. The van der Waals surface area contributed by atoms with Gasteiger partial charge in [-0.05, 0) is 45.1 Å². The SMILES string of the molecule is Cc1cc(NC(=O)C2CCC(CN)CC2)n(C)n1. The van der Waals surface area contributed by atoms with E-state index in [9.17, 15) is 4.79 Å². The Morgan fingerprint density at radius 3 is 2.67 bits per heavy atom. The van der Waals surface area contributed by atoms with Crippen LogP contribution < -0.4 is 11.1 Å². The van der Waals surface area contributed by atoms with E-state index in [-0.39, 0.29) is 11.8 Å². The number of hydrogen-bond acceptors (Lipinski definition) is 3. The van der Waals surface area contributed by atoms with Crippen molar-refractivity contribution in [2.45, 2.75) is 32.6 Å². The number of carbonyl (C=O) groups excluding carboxylic acids is 1. The van der Waals surface area contributed by atoms with Gasteiger partial charge in [-0.25, -0.2) is 0 Å². The molecular formula is C13H22N4O. The first-order chi connectivity index (χ1) is 8.60. The van der Waals surface area contributed by atoms with Crippen molar-refractivity contribution >= 4 is 11.7 Å². The predicted molar refractivity (Wildman–Crippen MR) is 71.1 cm³/mol. The normalized spacial score (nSPS) is 23.9. The molecule has 1 heterocycles. The van der Waals surface area contributed by atoms with Gasteiger partial charge in [0.25, 0.3) is 0 Å². The number of nitrogens with one attached hydrogen (secondary N) is 1. The van der Waals surface area contributed by atoms with Crippen molar-refractivity contribution in [1.82, 2.24) is 9.78 Å². The second-order valence-electron chi connectivity index (χ2n) is 5.24. The van der Waals surface area contributed by atoms with Crippen LogP contribution in [0.25, 0.3) is 0 Å². The highest BCUT2D eigenvalue weighted by Crippen LogP contribution is 2.29. The summed E-state index contributed by atoms with van der Waals surface area (Å²) in [5, 5.41) is 7.18. The highest BCUT2D eigenvalue weighted by molar-refractivity contribution is 5.91. The van der Waals surface area contributed by atoms with Crippen molar-refractivity contribution in [3.63, 3.8) is 0 Å². The van der Waals surface area contributed by atoms with E-state index in [4.69, 9.17) is 5.73 Å². The molecule has 0 saturated heterocycles. The number of amides is 1. The summed E-state index contributed by atoms with van der Waals surface area (Å²) in [6, 6.07) is 1.89. The van der Waals surface area contributed by atoms with Gasteiger partial charge in [0, 0.05) is 19.0 Å². The van der Waals surface area contributed by atoms with Gasteiger partial charge in [0.1, 0.15) is 5.82 Å². The van der Waals surface area contributed by atoms with E-state index in [1.807, 2.05) is 20.0 Å². The molecule has 0 unspecified atom stereocenters. The van der Waals surface area contributed by atoms with Gasteiger partial charge in [0.2, 0.25) is 5.91 Å². The molecule has 3 N–H and O–H groups in total. The monoisotopic (exact) mass is 250 g/mol. The lowest BCUT2D eigenvalue weighted by atomic mass is 9.81. The summed E-state index contributed by atoms with van der Waals surface area (Å²) in [6.07, 6.45) is 4.03. The zero-order valence-electron chi connectivity index (χ0n) is 11.1. The molecule has 5 heteroatoms. The van der Waals surface area contributed by atoms with Crippen molar-refractivity contribution in [1.29, 1.82) is 0 Å². The average molecular weight is 250 g/mol. The zero-order valence-corrected chi connectivity index (χ0v) is 11.1. The van der Waals surface area contributed by atoms with Crippen LogP contribution in [0.1, 0.15) is 31.4 Å². The van der Waals surface area contributed by atoms with Crippen molar-refractivity contribution < 1.29 is 4.79 Å². The fourth-order valence-corrected chi connectivity index (χ4v) is 2.62. The number of nitrogens with two attached hydrogens (primary N) is 1. The topological polar surface area (TPSA) is 72.9 Å². The maximum absolute atomic E-state index is 12.1. The summed E-state index contributed by atoms with van der Waals surface area (Å²) in [6.45, 7) is 2.66. The molecule has 1 aromatic rings. The Hall–Kier alpha value is -1.36. The van der Waals surface area contributed by atoms with Gasteiger partial charge in [-0.15, -0.1) is 0 Å². The average Bonchev–Trinajstić information content (AvgIpc) is 2.68. The fourth-order valence-electron chi connectivity index (χ4n) is 2.62. The summed E-state index contributed by atoms with van der Waals surface area (Å²) in [7, 11) is 1.84. The van der Waals surface area contributed by atoms with E-state index in [2.05, 4.69) is 10.4 Å². The molecule has 1 fully saturated rings.